The quantitative estimate of drug-likeness (QED) is 0.509. The number of anilines is 1. The van der Waals surface area contributed by atoms with E-state index in [0.717, 1.165) is 38.8 Å². The second-order valence-electron chi connectivity index (χ2n) is 4.93. The van der Waals surface area contributed by atoms with Crippen molar-refractivity contribution in [3.63, 3.8) is 0 Å². The Hall–Kier alpha value is -2.30. The minimum Gasteiger partial charge on any atom is -0.456 e. The number of rotatable bonds is 1. The predicted octanol–water partition coefficient (Wildman–Crippen LogP) is 4.83. The normalized spacial score (nSPS) is 10.4. The highest BCUT2D eigenvalue weighted by Gasteiger charge is 2.07. The van der Waals surface area contributed by atoms with Gasteiger partial charge in [-0.1, -0.05) is 36.4 Å². The van der Waals surface area contributed by atoms with E-state index in [1.807, 2.05) is 36.4 Å². The van der Waals surface area contributed by atoms with Crippen molar-refractivity contribution in [3.8, 4) is 11.1 Å². The molecule has 0 aliphatic rings. The summed E-state index contributed by atoms with van der Waals surface area (Å²) in [6, 6.07) is 22.3. The van der Waals surface area contributed by atoms with E-state index in [-0.39, 0.29) is 0 Å². The number of hydrogen-bond acceptors (Lipinski definition) is 4. The van der Waals surface area contributed by atoms with Crippen LogP contribution >= 0.6 is 0 Å². The molecule has 108 valence electrons. The van der Waals surface area contributed by atoms with Crippen molar-refractivity contribution in [2.45, 2.75) is 0 Å². The molecule has 2 nitrogen and oxygen atoms in total. The molecule has 0 saturated carbocycles. The van der Waals surface area contributed by atoms with Crippen LogP contribution in [0, 0.1) is 0 Å². The van der Waals surface area contributed by atoms with Crippen molar-refractivity contribution in [3.05, 3.63) is 66.7 Å². The molecule has 4 rings (SSSR count). The molecule has 4 aromatic rings. The SMILES string of the molecule is Nc1cccc(-c2ccc3c(c2)oc2ccccc23)c1.S=S. The third kappa shape index (κ3) is 2.58. The van der Waals surface area contributed by atoms with E-state index in [1.54, 1.807) is 0 Å². The van der Waals surface area contributed by atoms with Crippen LogP contribution in [-0.4, -0.2) is 0 Å². The monoisotopic (exact) mass is 323 g/mol. The first-order valence-corrected chi connectivity index (χ1v) is 8.08. The van der Waals surface area contributed by atoms with Crippen molar-refractivity contribution < 1.29 is 4.42 Å². The number of furan rings is 1. The van der Waals surface area contributed by atoms with E-state index in [4.69, 9.17) is 10.2 Å². The lowest BCUT2D eigenvalue weighted by Gasteiger charge is -2.02. The minimum atomic E-state index is 0.771. The molecule has 0 bridgehead atoms. The van der Waals surface area contributed by atoms with E-state index >= 15 is 0 Å². The number of para-hydroxylation sites is 1. The summed E-state index contributed by atoms with van der Waals surface area (Å²) in [5.74, 6) is 0. The molecule has 22 heavy (non-hydrogen) atoms. The number of nitrogens with two attached hydrogens (primary N) is 1. The van der Waals surface area contributed by atoms with Gasteiger partial charge in [0.1, 0.15) is 11.2 Å². The topological polar surface area (TPSA) is 39.2 Å². The first-order valence-electron chi connectivity index (χ1n) is 6.75. The van der Waals surface area contributed by atoms with Crippen molar-refractivity contribution in [2.24, 2.45) is 0 Å². The molecule has 0 aliphatic carbocycles. The molecule has 4 heteroatoms. The Bertz CT molecular complexity index is 946. The van der Waals surface area contributed by atoms with E-state index in [9.17, 15) is 0 Å². The average Bonchev–Trinajstić information content (AvgIpc) is 2.94. The van der Waals surface area contributed by atoms with Gasteiger partial charge < -0.3 is 10.2 Å². The zero-order chi connectivity index (χ0) is 15.5. The van der Waals surface area contributed by atoms with Gasteiger partial charge in [-0.15, -0.1) is 0 Å². The number of fused-ring (bicyclic) bond motifs is 3. The summed E-state index contributed by atoms with van der Waals surface area (Å²) in [6.45, 7) is 0. The van der Waals surface area contributed by atoms with Crippen LogP contribution in [0.25, 0.3) is 33.1 Å². The Kier molecular flexibility index (Phi) is 4.13. The van der Waals surface area contributed by atoms with Crippen LogP contribution in [0.1, 0.15) is 0 Å². The zero-order valence-corrected chi connectivity index (χ0v) is 13.3. The van der Waals surface area contributed by atoms with Crippen LogP contribution in [-0.2, 0) is 22.4 Å². The number of benzene rings is 3. The maximum absolute atomic E-state index is 5.91. The molecule has 0 fully saturated rings. The maximum Gasteiger partial charge on any atom is 0.136 e. The van der Waals surface area contributed by atoms with Crippen LogP contribution in [0.5, 0.6) is 0 Å². The highest BCUT2D eigenvalue weighted by Crippen LogP contribution is 2.32. The fraction of sp³-hybridized carbons (Fsp3) is 0. The van der Waals surface area contributed by atoms with E-state index in [1.165, 1.54) is 0 Å². The van der Waals surface area contributed by atoms with Crippen LogP contribution < -0.4 is 5.73 Å². The summed E-state index contributed by atoms with van der Waals surface area (Å²) in [5, 5.41) is 2.30. The standard InChI is InChI=1S/C18H13NO.S2/c19-14-5-3-4-12(10-14)13-8-9-16-15-6-1-2-7-17(15)20-18(16)11-13;1-2/h1-11H,19H2;. The Morgan fingerprint density at radius 2 is 1.41 bits per heavy atom. The van der Waals surface area contributed by atoms with E-state index in [2.05, 4.69) is 52.7 Å². The fourth-order valence-electron chi connectivity index (χ4n) is 2.62. The van der Waals surface area contributed by atoms with Crippen molar-refractivity contribution in [2.75, 3.05) is 5.73 Å². The van der Waals surface area contributed by atoms with Crippen molar-refractivity contribution in [1.29, 1.82) is 0 Å². The van der Waals surface area contributed by atoms with Crippen LogP contribution in [0.15, 0.2) is 71.1 Å². The van der Waals surface area contributed by atoms with Crippen LogP contribution in [0.2, 0.25) is 0 Å². The Labute approximate surface area is 138 Å². The summed E-state index contributed by atoms with van der Waals surface area (Å²) in [6.07, 6.45) is 0. The lowest BCUT2D eigenvalue weighted by atomic mass is 10.0. The smallest absolute Gasteiger partial charge is 0.136 e. The summed E-state index contributed by atoms with van der Waals surface area (Å²) in [4.78, 5) is 0. The molecule has 0 atom stereocenters. The van der Waals surface area contributed by atoms with Gasteiger partial charge in [0.05, 0.1) is 0 Å². The van der Waals surface area contributed by atoms with Gasteiger partial charge >= 0.3 is 0 Å². The molecule has 2 N–H and O–H groups in total. The van der Waals surface area contributed by atoms with Gasteiger partial charge in [0, 0.05) is 38.8 Å². The molecule has 0 saturated heterocycles. The summed E-state index contributed by atoms with van der Waals surface area (Å²) in [5.41, 5.74) is 10.7. The number of nitrogen functional groups attached to an aromatic ring is 1. The van der Waals surface area contributed by atoms with Crippen LogP contribution in [0.3, 0.4) is 0 Å². The molecule has 1 heterocycles. The van der Waals surface area contributed by atoms with Crippen molar-refractivity contribution in [1.82, 2.24) is 0 Å². The first-order chi connectivity index (χ1) is 10.8. The second-order valence-corrected chi connectivity index (χ2v) is 4.93. The van der Waals surface area contributed by atoms with Gasteiger partial charge in [0.2, 0.25) is 0 Å². The first kappa shape index (κ1) is 14.6. The van der Waals surface area contributed by atoms with Gasteiger partial charge in [0.15, 0.2) is 0 Å². The summed E-state index contributed by atoms with van der Waals surface area (Å²) in [7, 11) is 0. The second kappa shape index (κ2) is 6.22. The average molecular weight is 323 g/mol. The summed E-state index contributed by atoms with van der Waals surface area (Å²) < 4.78 is 5.91. The van der Waals surface area contributed by atoms with Gasteiger partial charge in [0.25, 0.3) is 0 Å². The largest absolute Gasteiger partial charge is 0.456 e. The van der Waals surface area contributed by atoms with Gasteiger partial charge in [-0.05, 0) is 41.5 Å². The third-order valence-corrected chi connectivity index (χ3v) is 3.60. The Balaban J connectivity index is 0.000000693. The molecule has 0 radical (unpaired) electrons. The highest BCUT2D eigenvalue weighted by molar-refractivity contribution is 8.07. The Morgan fingerprint density at radius 1 is 0.682 bits per heavy atom. The maximum atomic E-state index is 5.91. The van der Waals surface area contributed by atoms with Crippen molar-refractivity contribution >= 4 is 50.0 Å². The van der Waals surface area contributed by atoms with Gasteiger partial charge in [-0.25, -0.2) is 0 Å². The lowest BCUT2D eigenvalue weighted by Crippen LogP contribution is -1.84. The summed E-state index contributed by atoms with van der Waals surface area (Å²) >= 11 is 7.33. The molecule has 3 aromatic carbocycles. The predicted molar refractivity (Wildman–Crippen MR) is 98.3 cm³/mol. The zero-order valence-electron chi connectivity index (χ0n) is 11.7. The van der Waals surface area contributed by atoms with E-state index < -0.39 is 0 Å². The molecule has 0 unspecified atom stereocenters. The lowest BCUT2D eigenvalue weighted by molar-refractivity contribution is 0.669. The molecular formula is C18H13NOS2. The molecule has 0 aliphatic heterocycles. The highest BCUT2D eigenvalue weighted by atomic mass is 32.8. The minimum absolute atomic E-state index is 0.771. The van der Waals surface area contributed by atoms with E-state index in [0.29, 0.717) is 0 Å². The Morgan fingerprint density at radius 3 is 2.23 bits per heavy atom. The molecular weight excluding hydrogens is 310 g/mol. The molecule has 0 amide bonds. The third-order valence-electron chi connectivity index (χ3n) is 3.60. The van der Waals surface area contributed by atoms with Gasteiger partial charge in [-0.2, -0.15) is 0 Å². The number of hydrogen-bond donors (Lipinski definition) is 1. The van der Waals surface area contributed by atoms with Crippen LogP contribution in [0.4, 0.5) is 5.69 Å². The molecule has 1 aromatic heterocycles. The molecule has 0 spiro atoms. The fourth-order valence-corrected chi connectivity index (χ4v) is 2.62. The van der Waals surface area contributed by atoms with Gasteiger partial charge in [-0.3, -0.25) is 0 Å².